The van der Waals surface area contributed by atoms with E-state index in [0.717, 1.165) is 6.42 Å². The molecule has 6 heteroatoms. The summed E-state index contributed by atoms with van der Waals surface area (Å²) < 4.78 is 23.0. The SMILES string of the molecule is CC1CC(C)N(C(=O)c2ccccc2S(=O)(=O)Cl)C1. The van der Waals surface area contributed by atoms with Crippen LogP contribution in [0.2, 0.25) is 0 Å². The first-order chi connectivity index (χ1) is 8.80. The van der Waals surface area contributed by atoms with Crippen molar-refractivity contribution in [3.05, 3.63) is 29.8 Å². The molecule has 0 bridgehead atoms. The minimum Gasteiger partial charge on any atom is -0.336 e. The molecule has 1 aromatic carbocycles. The number of benzene rings is 1. The van der Waals surface area contributed by atoms with Crippen LogP contribution < -0.4 is 0 Å². The van der Waals surface area contributed by atoms with Gasteiger partial charge in [-0.15, -0.1) is 0 Å². The van der Waals surface area contributed by atoms with Crippen LogP contribution in [0.4, 0.5) is 0 Å². The molecule has 0 saturated carbocycles. The quantitative estimate of drug-likeness (QED) is 0.789. The molecule has 1 amide bonds. The van der Waals surface area contributed by atoms with Gasteiger partial charge in [0.2, 0.25) is 0 Å². The normalized spacial score (nSPS) is 23.6. The van der Waals surface area contributed by atoms with Crippen LogP contribution in [0, 0.1) is 5.92 Å². The lowest BCUT2D eigenvalue weighted by atomic mass is 10.1. The minimum atomic E-state index is -3.91. The highest BCUT2D eigenvalue weighted by molar-refractivity contribution is 8.13. The van der Waals surface area contributed by atoms with Gasteiger partial charge < -0.3 is 4.90 Å². The molecule has 0 aromatic heterocycles. The summed E-state index contributed by atoms with van der Waals surface area (Å²) in [5, 5.41) is 0. The molecule has 1 aromatic rings. The summed E-state index contributed by atoms with van der Waals surface area (Å²) in [5.74, 6) is 0.162. The van der Waals surface area contributed by atoms with Gasteiger partial charge in [0.1, 0.15) is 0 Å². The first kappa shape index (κ1) is 14.3. The standard InChI is InChI=1S/C13H16ClNO3S/c1-9-7-10(2)15(8-9)13(16)11-5-3-4-6-12(11)19(14,17)18/h3-6,9-10H,7-8H2,1-2H3. The Labute approximate surface area is 117 Å². The number of halogens is 1. The number of carbonyl (C=O) groups excluding carboxylic acids is 1. The summed E-state index contributed by atoms with van der Waals surface area (Å²) >= 11 is 0. The van der Waals surface area contributed by atoms with Gasteiger partial charge in [-0.1, -0.05) is 19.1 Å². The molecule has 1 fully saturated rings. The van der Waals surface area contributed by atoms with Crippen LogP contribution >= 0.6 is 10.7 Å². The van der Waals surface area contributed by atoms with Crippen LogP contribution in [0.3, 0.4) is 0 Å². The van der Waals surface area contributed by atoms with Crippen LogP contribution in [0.1, 0.15) is 30.6 Å². The van der Waals surface area contributed by atoms with Gasteiger partial charge in [-0.25, -0.2) is 8.42 Å². The molecule has 2 rings (SSSR count). The van der Waals surface area contributed by atoms with Gasteiger partial charge in [0.05, 0.1) is 10.5 Å². The van der Waals surface area contributed by atoms with Crippen LogP contribution in [-0.4, -0.2) is 31.8 Å². The van der Waals surface area contributed by atoms with E-state index in [1.165, 1.54) is 12.1 Å². The third kappa shape index (κ3) is 2.92. The molecule has 1 saturated heterocycles. The van der Waals surface area contributed by atoms with Gasteiger partial charge in [-0.05, 0) is 31.4 Å². The van der Waals surface area contributed by atoms with Gasteiger partial charge in [0.25, 0.3) is 15.0 Å². The lowest BCUT2D eigenvalue weighted by Gasteiger charge is -2.22. The Morgan fingerprint density at radius 3 is 2.47 bits per heavy atom. The van der Waals surface area contributed by atoms with Crippen molar-refractivity contribution in [2.45, 2.75) is 31.2 Å². The summed E-state index contributed by atoms with van der Waals surface area (Å²) in [6.07, 6.45) is 0.932. The highest BCUT2D eigenvalue weighted by Gasteiger charge is 2.32. The molecule has 1 aliphatic rings. The Hall–Kier alpha value is -1.07. The summed E-state index contributed by atoms with van der Waals surface area (Å²) in [6.45, 7) is 4.70. The zero-order valence-corrected chi connectivity index (χ0v) is 12.4. The third-order valence-electron chi connectivity index (χ3n) is 3.42. The second-order valence-corrected chi connectivity index (χ2v) is 7.62. The zero-order valence-electron chi connectivity index (χ0n) is 10.8. The van der Waals surface area contributed by atoms with E-state index in [1.807, 2.05) is 6.92 Å². The molecule has 4 nitrogen and oxygen atoms in total. The largest absolute Gasteiger partial charge is 0.336 e. The maximum atomic E-state index is 12.5. The summed E-state index contributed by atoms with van der Waals surface area (Å²) in [5.41, 5.74) is 0.151. The molecular formula is C13H16ClNO3S. The predicted octanol–water partition coefficient (Wildman–Crippen LogP) is 2.48. The monoisotopic (exact) mass is 301 g/mol. The van der Waals surface area contributed by atoms with E-state index in [4.69, 9.17) is 10.7 Å². The number of rotatable bonds is 2. The molecular weight excluding hydrogens is 286 g/mol. The molecule has 2 atom stereocenters. The fourth-order valence-corrected chi connectivity index (χ4v) is 3.66. The molecule has 0 spiro atoms. The smallest absolute Gasteiger partial charge is 0.262 e. The maximum absolute atomic E-state index is 12.5. The van der Waals surface area contributed by atoms with Crippen LogP contribution in [-0.2, 0) is 9.05 Å². The Kier molecular flexibility index (Phi) is 3.87. The van der Waals surface area contributed by atoms with Crippen LogP contribution in [0.5, 0.6) is 0 Å². The maximum Gasteiger partial charge on any atom is 0.262 e. The van der Waals surface area contributed by atoms with E-state index in [2.05, 4.69) is 6.92 Å². The molecule has 1 aliphatic heterocycles. The Morgan fingerprint density at radius 1 is 1.32 bits per heavy atom. The second kappa shape index (κ2) is 5.13. The van der Waals surface area contributed by atoms with Crippen molar-refractivity contribution in [2.24, 2.45) is 5.92 Å². The van der Waals surface area contributed by atoms with Crippen molar-refractivity contribution < 1.29 is 13.2 Å². The number of amides is 1. The van der Waals surface area contributed by atoms with E-state index in [-0.39, 0.29) is 22.4 Å². The van der Waals surface area contributed by atoms with E-state index >= 15 is 0 Å². The first-order valence-electron chi connectivity index (χ1n) is 6.15. The van der Waals surface area contributed by atoms with Crippen LogP contribution in [0.15, 0.2) is 29.2 Å². The summed E-state index contributed by atoms with van der Waals surface area (Å²) in [6, 6.07) is 6.19. The van der Waals surface area contributed by atoms with Gasteiger partial charge in [0.15, 0.2) is 0 Å². The zero-order chi connectivity index (χ0) is 14.2. The highest BCUT2D eigenvalue weighted by Crippen LogP contribution is 2.27. The van der Waals surface area contributed by atoms with Crippen molar-refractivity contribution in [1.29, 1.82) is 0 Å². The van der Waals surface area contributed by atoms with Gasteiger partial charge in [-0.2, -0.15) is 0 Å². The van der Waals surface area contributed by atoms with Crippen molar-refractivity contribution in [1.82, 2.24) is 4.90 Å². The fourth-order valence-electron chi connectivity index (χ4n) is 2.59. The average Bonchev–Trinajstić information content (AvgIpc) is 2.66. The summed E-state index contributed by atoms with van der Waals surface area (Å²) in [7, 11) is 1.47. The van der Waals surface area contributed by atoms with E-state index in [0.29, 0.717) is 12.5 Å². The third-order valence-corrected chi connectivity index (χ3v) is 4.80. The lowest BCUT2D eigenvalue weighted by Crippen LogP contribution is -2.34. The minimum absolute atomic E-state index is 0.117. The van der Waals surface area contributed by atoms with Crippen molar-refractivity contribution in [2.75, 3.05) is 6.54 Å². The molecule has 104 valence electrons. The first-order valence-corrected chi connectivity index (χ1v) is 8.46. The summed E-state index contributed by atoms with van der Waals surface area (Å²) in [4.78, 5) is 14.1. The van der Waals surface area contributed by atoms with Crippen molar-refractivity contribution >= 4 is 25.6 Å². The lowest BCUT2D eigenvalue weighted by molar-refractivity contribution is 0.0740. The fraction of sp³-hybridized carbons (Fsp3) is 0.462. The van der Waals surface area contributed by atoms with Crippen molar-refractivity contribution in [3.8, 4) is 0 Å². The van der Waals surface area contributed by atoms with Gasteiger partial charge >= 0.3 is 0 Å². The Morgan fingerprint density at radius 2 is 1.95 bits per heavy atom. The highest BCUT2D eigenvalue weighted by atomic mass is 35.7. The number of hydrogen-bond donors (Lipinski definition) is 0. The number of carbonyl (C=O) groups is 1. The topological polar surface area (TPSA) is 54.5 Å². The van der Waals surface area contributed by atoms with E-state index < -0.39 is 9.05 Å². The van der Waals surface area contributed by atoms with Gasteiger partial charge in [-0.3, -0.25) is 4.79 Å². The van der Waals surface area contributed by atoms with Crippen molar-refractivity contribution in [3.63, 3.8) is 0 Å². The molecule has 19 heavy (non-hydrogen) atoms. The molecule has 1 heterocycles. The van der Waals surface area contributed by atoms with Gasteiger partial charge in [0, 0.05) is 23.3 Å². The van der Waals surface area contributed by atoms with E-state index in [1.54, 1.807) is 17.0 Å². The average molecular weight is 302 g/mol. The van der Waals surface area contributed by atoms with E-state index in [9.17, 15) is 13.2 Å². The number of hydrogen-bond acceptors (Lipinski definition) is 3. The molecule has 0 aliphatic carbocycles. The second-order valence-electron chi connectivity index (χ2n) is 5.08. The Bertz CT molecular complexity index is 600. The number of nitrogens with zero attached hydrogens (tertiary/aromatic N) is 1. The predicted molar refractivity (Wildman–Crippen MR) is 73.8 cm³/mol. The molecule has 0 radical (unpaired) electrons. The molecule has 0 N–H and O–H groups in total. The van der Waals surface area contributed by atoms with Crippen LogP contribution in [0.25, 0.3) is 0 Å². The Balaban J connectivity index is 2.40. The molecule has 2 unspecified atom stereocenters. The number of likely N-dealkylation sites (tertiary alicyclic amines) is 1.